The molecule has 3 nitrogen and oxygen atoms in total. The Morgan fingerprint density at radius 1 is 1.19 bits per heavy atom. The lowest BCUT2D eigenvalue weighted by molar-refractivity contribution is 0.559. The van der Waals surface area contributed by atoms with Crippen molar-refractivity contribution in [3.8, 4) is 0 Å². The number of sulfonamides is 1. The molecule has 2 aromatic rings. The molecule has 0 aliphatic carbocycles. The van der Waals surface area contributed by atoms with Crippen LogP contribution in [0.3, 0.4) is 0 Å². The van der Waals surface area contributed by atoms with E-state index in [-0.39, 0.29) is 10.9 Å². The molecule has 21 heavy (non-hydrogen) atoms. The van der Waals surface area contributed by atoms with Crippen LogP contribution in [0.2, 0.25) is 5.02 Å². The fourth-order valence-corrected chi connectivity index (χ4v) is 4.51. The molecule has 1 atom stereocenters. The van der Waals surface area contributed by atoms with Crippen molar-refractivity contribution in [2.24, 2.45) is 0 Å². The number of nitrogens with one attached hydrogen (secondary N) is 1. The van der Waals surface area contributed by atoms with E-state index >= 15 is 0 Å². The average Bonchev–Trinajstić information content (AvgIpc) is 2.38. The third-order valence-corrected chi connectivity index (χ3v) is 5.75. The third-order valence-electron chi connectivity index (χ3n) is 2.91. The number of halogens is 2. The highest BCUT2D eigenvalue weighted by Crippen LogP contribution is 2.21. The average molecular weight is 389 g/mol. The van der Waals surface area contributed by atoms with Crippen LogP contribution in [0.5, 0.6) is 0 Å². The number of rotatable bonds is 5. The van der Waals surface area contributed by atoms with Crippen molar-refractivity contribution < 1.29 is 8.42 Å². The fourth-order valence-electron chi connectivity index (χ4n) is 2.05. The summed E-state index contributed by atoms with van der Waals surface area (Å²) < 4.78 is 27.9. The van der Waals surface area contributed by atoms with Crippen LogP contribution in [0.1, 0.15) is 12.5 Å². The molecule has 1 N–H and O–H groups in total. The van der Waals surface area contributed by atoms with Gasteiger partial charge in [-0.15, -0.1) is 0 Å². The summed E-state index contributed by atoms with van der Waals surface area (Å²) in [5, 5.41) is 0.647. The molecule has 0 aromatic heterocycles. The van der Waals surface area contributed by atoms with Gasteiger partial charge < -0.3 is 0 Å². The first-order chi connectivity index (χ1) is 9.88. The molecule has 0 aliphatic heterocycles. The normalized spacial score (nSPS) is 13.1. The van der Waals surface area contributed by atoms with Gasteiger partial charge in [-0.05, 0) is 59.1 Å². The predicted octanol–water partition coefficient (Wildman–Crippen LogP) is 4.01. The van der Waals surface area contributed by atoms with Crippen molar-refractivity contribution in [2.75, 3.05) is 0 Å². The van der Waals surface area contributed by atoms with Gasteiger partial charge in [0.05, 0.1) is 4.90 Å². The lowest BCUT2D eigenvalue weighted by Crippen LogP contribution is -2.34. The molecule has 0 radical (unpaired) electrons. The Balaban J connectivity index is 2.12. The van der Waals surface area contributed by atoms with E-state index in [9.17, 15) is 8.42 Å². The van der Waals surface area contributed by atoms with E-state index in [2.05, 4.69) is 20.7 Å². The van der Waals surface area contributed by atoms with Crippen LogP contribution in [-0.2, 0) is 16.4 Å². The Hall–Kier alpha value is -0.880. The second-order valence-corrected chi connectivity index (χ2v) is 7.76. The summed E-state index contributed by atoms with van der Waals surface area (Å²) in [5.74, 6) is 0. The molecule has 0 aliphatic rings. The predicted molar refractivity (Wildman–Crippen MR) is 89.1 cm³/mol. The summed E-state index contributed by atoms with van der Waals surface area (Å²) in [4.78, 5) is 0.239. The van der Waals surface area contributed by atoms with E-state index in [1.165, 1.54) is 0 Å². The van der Waals surface area contributed by atoms with E-state index in [1.807, 2.05) is 25.1 Å². The molecule has 0 saturated heterocycles. The quantitative estimate of drug-likeness (QED) is 0.841. The third kappa shape index (κ3) is 4.54. The standard InChI is InChI=1S/C15H15BrClNO2S/c1-11(9-12-5-4-6-13(17)10-12)18-21(19,20)15-8-3-2-7-14(15)16/h2-8,10-11,18H,9H2,1H3. The van der Waals surface area contributed by atoms with Crippen LogP contribution in [0.25, 0.3) is 0 Å². The summed E-state index contributed by atoms with van der Waals surface area (Å²) >= 11 is 9.19. The van der Waals surface area contributed by atoms with Crippen molar-refractivity contribution in [2.45, 2.75) is 24.3 Å². The lowest BCUT2D eigenvalue weighted by Gasteiger charge is -2.15. The van der Waals surface area contributed by atoms with Crippen molar-refractivity contribution >= 4 is 37.6 Å². The first-order valence-electron chi connectivity index (χ1n) is 6.40. The Morgan fingerprint density at radius 3 is 2.57 bits per heavy atom. The molecule has 2 rings (SSSR count). The summed E-state index contributed by atoms with van der Waals surface area (Å²) in [6.07, 6.45) is 0.574. The van der Waals surface area contributed by atoms with Gasteiger partial charge in [-0.1, -0.05) is 35.9 Å². The highest BCUT2D eigenvalue weighted by molar-refractivity contribution is 9.10. The Labute approximate surface area is 138 Å². The summed E-state index contributed by atoms with van der Waals surface area (Å²) in [6.45, 7) is 1.83. The van der Waals surface area contributed by atoms with Gasteiger partial charge in [0.15, 0.2) is 0 Å². The monoisotopic (exact) mass is 387 g/mol. The van der Waals surface area contributed by atoms with Crippen molar-refractivity contribution in [3.05, 3.63) is 63.6 Å². The Morgan fingerprint density at radius 2 is 1.90 bits per heavy atom. The molecule has 112 valence electrons. The van der Waals surface area contributed by atoms with E-state index in [0.29, 0.717) is 15.9 Å². The van der Waals surface area contributed by atoms with Crippen LogP contribution in [0.15, 0.2) is 57.9 Å². The van der Waals surface area contributed by atoms with Crippen LogP contribution in [0, 0.1) is 0 Å². The van der Waals surface area contributed by atoms with Gasteiger partial charge in [-0.2, -0.15) is 0 Å². The zero-order valence-corrected chi connectivity index (χ0v) is 14.5. The molecule has 0 saturated carbocycles. The molecule has 1 unspecified atom stereocenters. The lowest BCUT2D eigenvalue weighted by atomic mass is 10.1. The van der Waals surface area contributed by atoms with Gasteiger partial charge in [0.25, 0.3) is 0 Å². The van der Waals surface area contributed by atoms with Gasteiger partial charge >= 0.3 is 0 Å². The summed E-state index contributed by atoms with van der Waals surface area (Å²) in [7, 11) is -3.55. The Bertz CT molecular complexity index is 734. The molecule has 2 aromatic carbocycles. The van der Waals surface area contributed by atoms with E-state index in [0.717, 1.165) is 5.56 Å². The van der Waals surface area contributed by atoms with Crippen molar-refractivity contribution in [3.63, 3.8) is 0 Å². The van der Waals surface area contributed by atoms with Gasteiger partial charge in [-0.3, -0.25) is 0 Å². The minimum Gasteiger partial charge on any atom is -0.208 e. The molecular formula is C15H15BrClNO2S. The van der Waals surface area contributed by atoms with Gasteiger partial charge in [0.1, 0.15) is 0 Å². The molecule has 0 spiro atoms. The van der Waals surface area contributed by atoms with Crippen LogP contribution in [-0.4, -0.2) is 14.5 Å². The van der Waals surface area contributed by atoms with Crippen LogP contribution in [0.4, 0.5) is 0 Å². The van der Waals surface area contributed by atoms with Gasteiger partial charge in [-0.25, -0.2) is 13.1 Å². The molecule has 0 fully saturated rings. The fraction of sp³-hybridized carbons (Fsp3) is 0.200. The second-order valence-electron chi connectivity index (χ2n) is 4.79. The highest BCUT2D eigenvalue weighted by Gasteiger charge is 2.19. The van der Waals surface area contributed by atoms with Gasteiger partial charge in [0.2, 0.25) is 10.0 Å². The maximum Gasteiger partial charge on any atom is 0.241 e. The maximum atomic E-state index is 12.4. The molecular weight excluding hydrogens is 374 g/mol. The number of hydrogen-bond acceptors (Lipinski definition) is 2. The van der Waals surface area contributed by atoms with Crippen LogP contribution >= 0.6 is 27.5 Å². The molecule has 6 heteroatoms. The van der Waals surface area contributed by atoms with Crippen LogP contribution < -0.4 is 4.72 Å². The SMILES string of the molecule is CC(Cc1cccc(Cl)c1)NS(=O)(=O)c1ccccc1Br. The van der Waals surface area contributed by atoms with Crippen molar-refractivity contribution in [1.29, 1.82) is 0 Å². The zero-order valence-electron chi connectivity index (χ0n) is 11.4. The topological polar surface area (TPSA) is 46.2 Å². The van der Waals surface area contributed by atoms with E-state index in [4.69, 9.17) is 11.6 Å². The summed E-state index contributed by atoms with van der Waals surface area (Å²) in [5.41, 5.74) is 0.991. The van der Waals surface area contributed by atoms with Crippen molar-refractivity contribution in [1.82, 2.24) is 4.72 Å². The highest BCUT2D eigenvalue weighted by atomic mass is 79.9. The largest absolute Gasteiger partial charge is 0.241 e. The molecule has 0 amide bonds. The van der Waals surface area contributed by atoms with E-state index in [1.54, 1.807) is 30.3 Å². The molecule has 0 bridgehead atoms. The van der Waals surface area contributed by atoms with E-state index < -0.39 is 10.0 Å². The molecule has 0 heterocycles. The second kappa shape index (κ2) is 6.92. The minimum absolute atomic E-state index is 0.236. The maximum absolute atomic E-state index is 12.4. The smallest absolute Gasteiger partial charge is 0.208 e. The first kappa shape index (κ1) is 16.5. The minimum atomic E-state index is -3.55. The number of hydrogen-bond donors (Lipinski definition) is 1. The Kier molecular flexibility index (Phi) is 5.43. The zero-order chi connectivity index (χ0) is 15.5. The summed E-state index contributed by atoms with van der Waals surface area (Å²) in [6, 6.07) is 13.9. The first-order valence-corrected chi connectivity index (χ1v) is 9.05. The van der Waals surface area contributed by atoms with Gasteiger partial charge in [0, 0.05) is 15.5 Å². The number of benzene rings is 2.